The molecule has 1 amide bonds. The zero-order valence-electron chi connectivity index (χ0n) is 13.1. The summed E-state index contributed by atoms with van der Waals surface area (Å²) in [6.07, 6.45) is 3.45. The van der Waals surface area contributed by atoms with E-state index in [1.54, 1.807) is 0 Å². The Balaban J connectivity index is 1.82. The van der Waals surface area contributed by atoms with Crippen molar-refractivity contribution in [1.82, 2.24) is 9.80 Å². The van der Waals surface area contributed by atoms with E-state index in [2.05, 4.69) is 37.5 Å². The van der Waals surface area contributed by atoms with Gasteiger partial charge in [0.25, 0.3) is 0 Å². The van der Waals surface area contributed by atoms with Crippen LogP contribution in [0.15, 0.2) is 0 Å². The maximum atomic E-state index is 12.5. The van der Waals surface area contributed by atoms with Gasteiger partial charge in [-0.25, -0.2) is 0 Å². The molecule has 2 rings (SSSR count). The molecule has 0 aromatic heterocycles. The first-order valence-corrected chi connectivity index (χ1v) is 8.02. The van der Waals surface area contributed by atoms with Gasteiger partial charge < -0.3 is 9.80 Å². The third-order valence-corrected chi connectivity index (χ3v) is 5.09. The van der Waals surface area contributed by atoms with Crippen LogP contribution in [0.5, 0.6) is 0 Å². The predicted molar refractivity (Wildman–Crippen MR) is 79.0 cm³/mol. The molecular weight excluding hydrogens is 236 g/mol. The minimum absolute atomic E-state index is 0.262. The Morgan fingerprint density at radius 3 is 2.11 bits per heavy atom. The Bertz CT molecular complexity index is 306. The van der Waals surface area contributed by atoms with Crippen molar-refractivity contribution >= 4 is 5.91 Å². The molecule has 0 aliphatic carbocycles. The molecule has 2 aliphatic heterocycles. The Kier molecular flexibility index (Phi) is 4.88. The van der Waals surface area contributed by atoms with Crippen LogP contribution < -0.4 is 0 Å². The van der Waals surface area contributed by atoms with E-state index in [1.807, 2.05) is 0 Å². The van der Waals surface area contributed by atoms with Crippen LogP contribution in [0.4, 0.5) is 0 Å². The number of carbonyl (C=O) groups excluding carboxylic acids is 1. The highest BCUT2D eigenvalue weighted by atomic mass is 16.2. The number of hydrogen-bond donors (Lipinski definition) is 0. The van der Waals surface area contributed by atoms with Crippen LogP contribution in [0, 0.1) is 17.8 Å². The van der Waals surface area contributed by atoms with Crippen molar-refractivity contribution in [3.8, 4) is 0 Å². The molecule has 0 radical (unpaired) electrons. The summed E-state index contributed by atoms with van der Waals surface area (Å²) in [7, 11) is 0. The van der Waals surface area contributed by atoms with Crippen LogP contribution >= 0.6 is 0 Å². The van der Waals surface area contributed by atoms with E-state index < -0.39 is 0 Å². The smallest absolute Gasteiger partial charge is 0.227 e. The van der Waals surface area contributed by atoms with Gasteiger partial charge in [0.05, 0.1) is 5.92 Å². The van der Waals surface area contributed by atoms with Crippen molar-refractivity contribution in [2.75, 3.05) is 26.2 Å². The third kappa shape index (κ3) is 3.50. The third-order valence-electron chi connectivity index (χ3n) is 5.09. The monoisotopic (exact) mass is 266 g/mol. The van der Waals surface area contributed by atoms with E-state index in [0.29, 0.717) is 11.9 Å². The van der Waals surface area contributed by atoms with Gasteiger partial charge in [-0.2, -0.15) is 0 Å². The lowest BCUT2D eigenvalue weighted by Gasteiger charge is -2.35. The van der Waals surface area contributed by atoms with Crippen LogP contribution in [0.3, 0.4) is 0 Å². The highest BCUT2D eigenvalue weighted by molar-refractivity contribution is 5.79. The maximum Gasteiger partial charge on any atom is 0.227 e. The van der Waals surface area contributed by atoms with Gasteiger partial charge in [0.1, 0.15) is 0 Å². The van der Waals surface area contributed by atoms with Gasteiger partial charge in [0.2, 0.25) is 5.91 Å². The molecule has 0 aromatic rings. The molecule has 110 valence electrons. The number of carbonyl (C=O) groups is 1. The van der Waals surface area contributed by atoms with E-state index in [9.17, 15) is 4.79 Å². The van der Waals surface area contributed by atoms with Gasteiger partial charge in [-0.05, 0) is 51.5 Å². The summed E-state index contributed by atoms with van der Waals surface area (Å²) in [4.78, 5) is 17.1. The molecular formula is C16H30N2O. The number of hydrogen-bond acceptors (Lipinski definition) is 2. The SMILES string of the molecule is CC(C)C1CCN(C(=O)[C@H]2CCN(C(C)C)C2)CC1. The molecule has 0 saturated carbocycles. The van der Waals surface area contributed by atoms with Crippen molar-refractivity contribution in [2.45, 2.75) is 53.0 Å². The molecule has 0 spiro atoms. The fourth-order valence-corrected chi connectivity index (χ4v) is 3.50. The maximum absolute atomic E-state index is 12.5. The fraction of sp³-hybridized carbons (Fsp3) is 0.938. The normalized spacial score (nSPS) is 26.6. The van der Waals surface area contributed by atoms with Crippen LogP contribution in [0.2, 0.25) is 0 Å². The van der Waals surface area contributed by atoms with Crippen LogP contribution in [0.25, 0.3) is 0 Å². The molecule has 0 unspecified atom stereocenters. The molecule has 2 aliphatic rings. The molecule has 2 heterocycles. The second kappa shape index (κ2) is 6.25. The summed E-state index contributed by atoms with van der Waals surface area (Å²) >= 11 is 0. The van der Waals surface area contributed by atoms with Crippen LogP contribution in [-0.2, 0) is 4.79 Å². The Morgan fingerprint density at radius 2 is 1.63 bits per heavy atom. The van der Waals surface area contributed by atoms with E-state index >= 15 is 0 Å². The van der Waals surface area contributed by atoms with E-state index in [1.165, 1.54) is 12.8 Å². The minimum atomic E-state index is 0.262. The summed E-state index contributed by atoms with van der Waals surface area (Å²) in [5, 5.41) is 0. The number of nitrogens with zero attached hydrogens (tertiary/aromatic N) is 2. The average Bonchev–Trinajstić information content (AvgIpc) is 2.87. The first kappa shape index (κ1) is 14.8. The van der Waals surface area contributed by atoms with Crippen molar-refractivity contribution in [1.29, 1.82) is 0 Å². The molecule has 1 atom stereocenters. The first-order chi connectivity index (χ1) is 8.99. The van der Waals surface area contributed by atoms with Crippen LogP contribution in [0.1, 0.15) is 47.0 Å². The molecule has 0 aromatic carbocycles. The van der Waals surface area contributed by atoms with Gasteiger partial charge in [-0.3, -0.25) is 4.79 Å². The lowest BCUT2D eigenvalue weighted by molar-refractivity contribution is -0.136. The summed E-state index contributed by atoms with van der Waals surface area (Å²) in [5.41, 5.74) is 0. The lowest BCUT2D eigenvalue weighted by atomic mass is 9.86. The Labute approximate surface area is 118 Å². The average molecular weight is 266 g/mol. The minimum Gasteiger partial charge on any atom is -0.342 e. The first-order valence-electron chi connectivity index (χ1n) is 8.02. The number of rotatable bonds is 3. The topological polar surface area (TPSA) is 23.6 Å². The molecule has 3 heteroatoms. The Hall–Kier alpha value is -0.570. The zero-order chi connectivity index (χ0) is 14.0. The van der Waals surface area contributed by atoms with Gasteiger partial charge in [-0.15, -0.1) is 0 Å². The standard InChI is InChI=1S/C16H30N2O/c1-12(2)14-5-8-17(9-6-14)16(19)15-7-10-18(11-15)13(3)4/h12-15H,5-11H2,1-4H3/t15-/m0/s1. The Morgan fingerprint density at radius 1 is 1.00 bits per heavy atom. The van der Waals surface area contributed by atoms with Crippen LogP contribution in [-0.4, -0.2) is 47.9 Å². The number of amides is 1. The van der Waals surface area contributed by atoms with Crippen molar-refractivity contribution < 1.29 is 4.79 Å². The number of piperidine rings is 1. The molecule has 19 heavy (non-hydrogen) atoms. The van der Waals surface area contributed by atoms with E-state index in [4.69, 9.17) is 0 Å². The quantitative estimate of drug-likeness (QED) is 0.784. The van der Waals surface area contributed by atoms with Gasteiger partial charge >= 0.3 is 0 Å². The summed E-state index contributed by atoms with van der Waals surface area (Å²) < 4.78 is 0. The summed E-state index contributed by atoms with van der Waals surface area (Å²) in [6, 6.07) is 0.574. The zero-order valence-corrected chi connectivity index (χ0v) is 13.1. The molecule has 0 N–H and O–H groups in total. The molecule has 3 nitrogen and oxygen atoms in total. The van der Waals surface area contributed by atoms with Gasteiger partial charge in [0.15, 0.2) is 0 Å². The van der Waals surface area contributed by atoms with Crippen molar-refractivity contribution in [3.05, 3.63) is 0 Å². The van der Waals surface area contributed by atoms with Crippen molar-refractivity contribution in [2.24, 2.45) is 17.8 Å². The van der Waals surface area contributed by atoms with E-state index in [0.717, 1.165) is 44.4 Å². The fourth-order valence-electron chi connectivity index (χ4n) is 3.50. The molecule has 2 fully saturated rings. The second-order valence-corrected chi connectivity index (χ2v) is 6.98. The largest absolute Gasteiger partial charge is 0.342 e. The highest BCUT2D eigenvalue weighted by Gasteiger charge is 2.34. The molecule has 0 bridgehead atoms. The molecule has 2 saturated heterocycles. The highest BCUT2D eigenvalue weighted by Crippen LogP contribution is 2.27. The summed E-state index contributed by atoms with van der Waals surface area (Å²) in [6.45, 7) is 13.1. The van der Waals surface area contributed by atoms with Crippen molar-refractivity contribution in [3.63, 3.8) is 0 Å². The van der Waals surface area contributed by atoms with Gasteiger partial charge in [0, 0.05) is 25.7 Å². The second-order valence-electron chi connectivity index (χ2n) is 6.98. The number of likely N-dealkylation sites (tertiary alicyclic amines) is 2. The van der Waals surface area contributed by atoms with Gasteiger partial charge in [-0.1, -0.05) is 13.8 Å². The lowest BCUT2D eigenvalue weighted by Crippen LogP contribution is -2.43. The predicted octanol–water partition coefficient (Wildman–Crippen LogP) is 2.61. The van der Waals surface area contributed by atoms with E-state index in [-0.39, 0.29) is 5.92 Å². The summed E-state index contributed by atoms with van der Waals surface area (Å²) in [5.74, 6) is 2.27.